The van der Waals surface area contributed by atoms with Crippen LogP contribution in [0.1, 0.15) is 54.5 Å². The molecule has 1 aromatic rings. The molecule has 5 heteroatoms. The van der Waals surface area contributed by atoms with Crippen molar-refractivity contribution in [2.75, 3.05) is 0 Å². The van der Waals surface area contributed by atoms with Gasteiger partial charge in [0.25, 0.3) is 0 Å². The van der Waals surface area contributed by atoms with E-state index in [2.05, 4.69) is 10.1 Å². The molecule has 1 aromatic heterocycles. The average molecular weight is 247 g/mol. The van der Waals surface area contributed by atoms with Crippen LogP contribution < -0.4 is 5.73 Å². The molecule has 5 rings (SSSR count). The minimum atomic E-state index is -0.627. The molecule has 4 bridgehead atoms. The van der Waals surface area contributed by atoms with E-state index in [0.29, 0.717) is 17.8 Å². The highest BCUT2D eigenvalue weighted by molar-refractivity contribution is 5.87. The molecule has 4 saturated carbocycles. The van der Waals surface area contributed by atoms with Crippen molar-refractivity contribution in [3.8, 4) is 0 Å². The molecule has 0 spiro atoms. The average Bonchev–Trinajstić information content (AvgIpc) is 2.77. The highest BCUT2D eigenvalue weighted by atomic mass is 16.5. The lowest BCUT2D eigenvalue weighted by atomic mass is 9.52. The van der Waals surface area contributed by atoms with Gasteiger partial charge in [0.2, 0.25) is 0 Å². The lowest BCUT2D eigenvalue weighted by Gasteiger charge is -2.53. The molecule has 1 heterocycles. The van der Waals surface area contributed by atoms with Crippen LogP contribution in [0.5, 0.6) is 0 Å². The molecule has 18 heavy (non-hydrogen) atoms. The maximum Gasteiger partial charge on any atom is 0.315 e. The second-order valence-electron chi connectivity index (χ2n) is 6.28. The number of hydrogen-bond donors (Lipinski definition) is 1. The van der Waals surface area contributed by atoms with Gasteiger partial charge in [-0.3, -0.25) is 4.79 Å². The fourth-order valence-electron chi connectivity index (χ4n) is 4.82. The molecule has 0 saturated heterocycles. The summed E-state index contributed by atoms with van der Waals surface area (Å²) in [4.78, 5) is 15.2. The Hall–Kier alpha value is -1.39. The van der Waals surface area contributed by atoms with Crippen molar-refractivity contribution in [2.45, 2.75) is 38.0 Å². The van der Waals surface area contributed by atoms with Gasteiger partial charge in [-0.05, 0) is 55.8 Å². The van der Waals surface area contributed by atoms with E-state index in [9.17, 15) is 4.79 Å². The number of nitrogens with zero attached hydrogens (tertiary/aromatic N) is 2. The SMILES string of the molecule is NC(=O)c1nc(C2C3CC4CC(C3)CC2C4)no1. The summed E-state index contributed by atoms with van der Waals surface area (Å²) in [5.74, 6) is 3.68. The molecule has 2 N–H and O–H groups in total. The van der Waals surface area contributed by atoms with Crippen LogP contribution >= 0.6 is 0 Å². The first kappa shape index (κ1) is 10.5. The van der Waals surface area contributed by atoms with E-state index in [4.69, 9.17) is 10.3 Å². The van der Waals surface area contributed by atoms with E-state index in [1.807, 2.05) is 0 Å². The Balaban J connectivity index is 1.66. The Labute approximate surface area is 105 Å². The first-order chi connectivity index (χ1) is 8.70. The van der Waals surface area contributed by atoms with E-state index in [1.54, 1.807) is 0 Å². The van der Waals surface area contributed by atoms with Crippen LogP contribution in [0.25, 0.3) is 0 Å². The first-order valence-corrected chi connectivity index (χ1v) is 6.84. The molecular formula is C13H17N3O2. The maximum absolute atomic E-state index is 11.0. The van der Waals surface area contributed by atoms with Crippen molar-refractivity contribution < 1.29 is 9.32 Å². The molecule has 0 atom stereocenters. The second kappa shape index (κ2) is 3.56. The number of hydrogen-bond acceptors (Lipinski definition) is 4. The summed E-state index contributed by atoms with van der Waals surface area (Å²) in [5.41, 5.74) is 5.17. The first-order valence-electron chi connectivity index (χ1n) is 6.84. The fourth-order valence-corrected chi connectivity index (χ4v) is 4.82. The van der Waals surface area contributed by atoms with Crippen LogP contribution in [-0.2, 0) is 0 Å². The highest BCUT2D eigenvalue weighted by Gasteiger charge is 2.50. The zero-order valence-corrected chi connectivity index (χ0v) is 10.2. The van der Waals surface area contributed by atoms with Crippen LogP contribution in [0.4, 0.5) is 0 Å². The standard InChI is InChI=1S/C13H17N3O2/c14-11(17)13-15-12(16-18-13)10-8-2-6-1-7(4-8)5-9(10)3-6/h6-10H,1-5H2,(H2,14,17). The van der Waals surface area contributed by atoms with Gasteiger partial charge in [0.05, 0.1) is 0 Å². The smallest absolute Gasteiger partial charge is 0.315 e. The number of aromatic nitrogens is 2. The maximum atomic E-state index is 11.0. The van der Waals surface area contributed by atoms with E-state index in [0.717, 1.165) is 17.7 Å². The number of carbonyl (C=O) groups is 1. The minimum Gasteiger partial charge on any atom is -0.361 e. The van der Waals surface area contributed by atoms with Crippen LogP contribution in [0.15, 0.2) is 4.52 Å². The normalized spacial score (nSPS) is 41.2. The summed E-state index contributed by atoms with van der Waals surface area (Å²) in [6.45, 7) is 0. The predicted octanol–water partition coefficient (Wildman–Crippen LogP) is 1.71. The van der Waals surface area contributed by atoms with Crippen molar-refractivity contribution in [2.24, 2.45) is 29.4 Å². The summed E-state index contributed by atoms with van der Waals surface area (Å²) >= 11 is 0. The van der Waals surface area contributed by atoms with Crippen molar-refractivity contribution in [1.82, 2.24) is 10.1 Å². The molecule has 96 valence electrons. The number of nitrogens with two attached hydrogens (primary N) is 1. The van der Waals surface area contributed by atoms with E-state index >= 15 is 0 Å². The molecular weight excluding hydrogens is 230 g/mol. The molecule has 0 aromatic carbocycles. The van der Waals surface area contributed by atoms with Crippen LogP contribution in [0.2, 0.25) is 0 Å². The predicted molar refractivity (Wildman–Crippen MR) is 62.6 cm³/mol. The quantitative estimate of drug-likeness (QED) is 0.862. The second-order valence-corrected chi connectivity index (χ2v) is 6.28. The van der Waals surface area contributed by atoms with Crippen molar-refractivity contribution in [3.63, 3.8) is 0 Å². The molecule has 0 unspecified atom stereocenters. The van der Waals surface area contributed by atoms with E-state index in [-0.39, 0.29) is 5.89 Å². The summed E-state index contributed by atoms with van der Waals surface area (Å²) in [7, 11) is 0. The number of primary amides is 1. The number of rotatable bonds is 2. The molecule has 1 amide bonds. The van der Waals surface area contributed by atoms with Gasteiger partial charge < -0.3 is 10.3 Å². The summed E-state index contributed by atoms with van der Waals surface area (Å²) < 4.78 is 4.95. The van der Waals surface area contributed by atoms with Gasteiger partial charge in [-0.25, -0.2) is 0 Å². The molecule has 0 aliphatic heterocycles. The Morgan fingerprint density at radius 2 is 1.72 bits per heavy atom. The van der Waals surface area contributed by atoms with Gasteiger partial charge in [0, 0.05) is 5.92 Å². The topological polar surface area (TPSA) is 82.0 Å². The third kappa shape index (κ3) is 1.42. The largest absolute Gasteiger partial charge is 0.361 e. The zero-order valence-electron chi connectivity index (χ0n) is 10.2. The van der Waals surface area contributed by atoms with Crippen LogP contribution in [0.3, 0.4) is 0 Å². The number of carbonyl (C=O) groups excluding carboxylic acids is 1. The Kier molecular flexibility index (Phi) is 2.08. The summed E-state index contributed by atoms with van der Waals surface area (Å²) in [6, 6.07) is 0. The van der Waals surface area contributed by atoms with Crippen molar-refractivity contribution in [3.05, 3.63) is 11.7 Å². The van der Waals surface area contributed by atoms with Crippen LogP contribution in [-0.4, -0.2) is 16.0 Å². The Bertz CT molecular complexity index is 468. The third-order valence-corrected chi connectivity index (χ3v) is 5.18. The van der Waals surface area contributed by atoms with E-state index in [1.165, 1.54) is 32.1 Å². The fraction of sp³-hybridized carbons (Fsp3) is 0.769. The molecule has 4 aliphatic carbocycles. The van der Waals surface area contributed by atoms with E-state index < -0.39 is 5.91 Å². The lowest BCUT2D eigenvalue weighted by molar-refractivity contribution is -0.00629. The third-order valence-electron chi connectivity index (χ3n) is 5.18. The van der Waals surface area contributed by atoms with Gasteiger partial charge in [0.15, 0.2) is 5.82 Å². The molecule has 0 radical (unpaired) electrons. The Morgan fingerprint density at radius 3 is 2.22 bits per heavy atom. The summed E-state index contributed by atoms with van der Waals surface area (Å²) in [5, 5.41) is 4.00. The van der Waals surface area contributed by atoms with Gasteiger partial charge in [-0.15, -0.1) is 0 Å². The van der Waals surface area contributed by atoms with Gasteiger partial charge in [-0.2, -0.15) is 4.98 Å². The van der Waals surface area contributed by atoms with Crippen LogP contribution in [0, 0.1) is 23.7 Å². The zero-order chi connectivity index (χ0) is 12.3. The Morgan fingerprint density at radius 1 is 1.11 bits per heavy atom. The monoisotopic (exact) mass is 247 g/mol. The van der Waals surface area contributed by atoms with Gasteiger partial charge in [-0.1, -0.05) is 5.16 Å². The molecule has 4 aliphatic rings. The number of amides is 1. The van der Waals surface area contributed by atoms with Gasteiger partial charge >= 0.3 is 11.8 Å². The van der Waals surface area contributed by atoms with Crippen molar-refractivity contribution >= 4 is 5.91 Å². The lowest BCUT2D eigenvalue weighted by Crippen LogP contribution is -2.44. The molecule has 4 fully saturated rings. The summed E-state index contributed by atoms with van der Waals surface area (Å²) in [6.07, 6.45) is 6.64. The minimum absolute atomic E-state index is 0.0428. The molecule has 5 nitrogen and oxygen atoms in total. The van der Waals surface area contributed by atoms with Gasteiger partial charge in [0.1, 0.15) is 0 Å². The van der Waals surface area contributed by atoms with Crippen molar-refractivity contribution in [1.29, 1.82) is 0 Å². The highest BCUT2D eigenvalue weighted by Crippen LogP contribution is 2.59.